The SMILES string of the molecule is Cc1cc2nc(-c3ccnc(-c4ccc5c(cnn5C)c4C)c3)sc2c(-c2ccc(Cl)cc2)c1[C@H](OC(C)(C)C)C(=O)O. The van der Waals surface area contributed by atoms with Crippen LogP contribution in [0.5, 0.6) is 0 Å². The monoisotopic (exact) mass is 610 g/mol. The molecule has 1 N–H and O–H groups in total. The molecule has 3 aromatic heterocycles. The summed E-state index contributed by atoms with van der Waals surface area (Å²) in [6.07, 6.45) is 2.52. The summed E-state index contributed by atoms with van der Waals surface area (Å²) in [6, 6.07) is 17.6. The summed E-state index contributed by atoms with van der Waals surface area (Å²) < 4.78 is 8.90. The predicted octanol–water partition coefficient (Wildman–Crippen LogP) is 8.79. The largest absolute Gasteiger partial charge is 0.479 e. The molecule has 218 valence electrons. The molecule has 7 nitrogen and oxygen atoms in total. The number of carboxylic acids is 1. The molecule has 0 unspecified atom stereocenters. The first kappa shape index (κ1) is 29.0. The lowest BCUT2D eigenvalue weighted by molar-refractivity contribution is -0.160. The standard InChI is InChI=1S/C34H31ClN4O3S/c1-18-15-26-31(29(20-7-9-22(35)10-8-20)28(18)30(33(40)41)42-34(3,4)5)43-32(38-26)21-13-14-36-25(16-21)23-11-12-27-24(19(23)2)17-37-39(27)6/h7-17,30H,1-6H3,(H,40,41)/t30-/m0/s1. The first-order valence-corrected chi connectivity index (χ1v) is 15.1. The van der Waals surface area contributed by atoms with E-state index in [9.17, 15) is 9.90 Å². The molecule has 0 spiro atoms. The lowest BCUT2D eigenvalue weighted by atomic mass is 9.91. The number of rotatable bonds is 6. The number of aromatic nitrogens is 4. The fourth-order valence-electron chi connectivity index (χ4n) is 5.52. The van der Waals surface area contributed by atoms with E-state index in [-0.39, 0.29) is 0 Å². The van der Waals surface area contributed by atoms with Crippen LogP contribution in [0, 0.1) is 13.8 Å². The number of hydrogen-bond acceptors (Lipinski definition) is 6. The molecule has 0 fully saturated rings. The average molecular weight is 611 g/mol. The van der Waals surface area contributed by atoms with Crippen molar-refractivity contribution in [1.29, 1.82) is 0 Å². The number of carbonyl (C=O) groups is 1. The van der Waals surface area contributed by atoms with E-state index in [1.807, 2.05) is 82.0 Å². The first-order valence-electron chi connectivity index (χ1n) is 13.9. The van der Waals surface area contributed by atoms with Crippen molar-refractivity contribution in [1.82, 2.24) is 19.7 Å². The Balaban J connectivity index is 1.54. The highest BCUT2D eigenvalue weighted by Crippen LogP contribution is 2.44. The van der Waals surface area contributed by atoms with Gasteiger partial charge >= 0.3 is 5.97 Å². The van der Waals surface area contributed by atoms with E-state index < -0.39 is 17.7 Å². The van der Waals surface area contributed by atoms with Gasteiger partial charge in [-0.2, -0.15) is 5.10 Å². The fraction of sp³-hybridized carbons (Fsp3) is 0.235. The van der Waals surface area contributed by atoms with E-state index in [2.05, 4.69) is 30.2 Å². The van der Waals surface area contributed by atoms with E-state index >= 15 is 0 Å². The van der Waals surface area contributed by atoms with Crippen LogP contribution in [0.25, 0.3) is 54.1 Å². The Morgan fingerprint density at radius 2 is 1.79 bits per heavy atom. The molecular weight excluding hydrogens is 580 g/mol. The third-order valence-corrected chi connectivity index (χ3v) is 8.89. The highest BCUT2D eigenvalue weighted by molar-refractivity contribution is 7.22. The molecule has 0 radical (unpaired) electrons. The van der Waals surface area contributed by atoms with Gasteiger partial charge in [0.15, 0.2) is 6.10 Å². The number of aliphatic carboxylic acids is 1. The van der Waals surface area contributed by atoms with Gasteiger partial charge in [0, 0.05) is 45.9 Å². The van der Waals surface area contributed by atoms with Crippen molar-refractivity contribution in [3.05, 3.63) is 88.7 Å². The molecule has 6 rings (SSSR count). The van der Waals surface area contributed by atoms with Crippen LogP contribution < -0.4 is 0 Å². The highest BCUT2D eigenvalue weighted by Gasteiger charge is 2.32. The Bertz CT molecular complexity index is 2020. The van der Waals surface area contributed by atoms with Gasteiger partial charge in [0.2, 0.25) is 0 Å². The summed E-state index contributed by atoms with van der Waals surface area (Å²) in [5.41, 5.74) is 8.16. The molecule has 3 heterocycles. The van der Waals surface area contributed by atoms with Gasteiger partial charge in [-0.25, -0.2) is 9.78 Å². The quantitative estimate of drug-likeness (QED) is 0.203. The van der Waals surface area contributed by atoms with Crippen molar-refractivity contribution in [3.8, 4) is 33.0 Å². The van der Waals surface area contributed by atoms with Gasteiger partial charge in [-0.3, -0.25) is 9.67 Å². The van der Waals surface area contributed by atoms with Crippen LogP contribution in [0.1, 0.15) is 43.6 Å². The molecule has 0 aliphatic rings. The Morgan fingerprint density at radius 3 is 2.49 bits per heavy atom. The molecule has 0 aliphatic heterocycles. The van der Waals surface area contributed by atoms with E-state index in [4.69, 9.17) is 26.3 Å². The Kier molecular flexibility index (Phi) is 7.32. The molecule has 9 heteroatoms. The second-order valence-electron chi connectivity index (χ2n) is 11.7. The summed E-state index contributed by atoms with van der Waals surface area (Å²) in [5.74, 6) is -1.04. The number of aryl methyl sites for hydroxylation is 3. The molecule has 43 heavy (non-hydrogen) atoms. The van der Waals surface area contributed by atoms with Gasteiger partial charge in [-0.1, -0.05) is 29.8 Å². The Labute approximate surface area is 258 Å². The Morgan fingerprint density at radius 1 is 1.05 bits per heavy atom. The topological polar surface area (TPSA) is 90.1 Å². The summed E-state index contributed by atoms with van der Waals surface area (Å²) in [5, 5.41) is 17.3. The van der Waals surface area contributed by atoms with E-state index in [1.165, 1.54) is 11.3 Å². The van der Waals surface area contributed by atoms with Crippen LogP contribution in [-0.2, 0) is 16.6 Å². The zero-order valence-corrected chi connectivity index (χ0v) is 26.3. The van der Waals surface area contributed by atoms with Crippen LogP contribution in [0.2, 0.25) is 5.02 Å². The second kappa shape index (κ2) is 10.9. The highest BCUT2D eigenvalue weighted by atomic mass is 35.5. The summed E-state index contributed by atoms with van der Waals surface area (Å²) in [6.45, 7) is 9.58. The number of carboxylic acid groups (broad SMARTS) is 1. The number of halogens is 1. The first-order chi connectivity index (χ1) is 20.4. The van der Waals surface area contributed by atoms with Crippen molar-refractivity contribution in [2.75, 3.05) is 0 Å². The second-order valence-corrected chi connectivity index (χ2v) is 13.1. The van der Waals surface area contributed by atoms with E-state index in [0.29, 0.717) is 10.6 Å². The predicted molar refractivity (Wildman–Crippen MR) is 174 cm³/mol. The van der Waals surface area contributed by atoms with Crippen LogP contribution >= 0.6 is 22.9 Å². The van der Waals surface area contributed by atoms with E-state index in [1.54, 1.807) is 6.20 Å². The number of hydrogen-bond donors (Lipinski definition) is 1. The number of ether oxygens (including phenoxy) is 1. The normalized spacial score (nSPS) is 12.7. The summed E-state index contributed by atoms with van der Waals surface area (Å²) >= 11 is 7.77. The van der Waals surface area contributed by atoms with Crippen molar-refractivity contribution < 1.29 is 14.6 Å². The minimum atomic E-state index is -1.17. The van der Waals surface area contributed by atoms with Crippen molar-refractivity contribution in [3.63, 3.8) is 0 Å². The lowest BCUT2D eigenvalue weighted by Gasteiger charge is -2.28. The minimum Gasteiger partial charge on any atom is -0.479 e. The summed E-state index contributed by atoms with van der Waals surface area (Å²) in [4.78, 5) is 22.4. The molecule has 6 aromatic rings. The Hall–Kier alpha value is -4.11. The molecule has 1 atom stereocenters. The van der Waals surface area contributed by atoms with Crippen molar-refractivity contribution in [2.24, 2.45) is 7.05 Å². The van der Waals surface area contributed by atoms with Crippen LogP contribution in [0.15, 0.2) is 67.0 Å². The molecule has 3 aromatic carbocycles. The van der Waals surface area contributed by atoms with Gasteiger partial charge in [-0.05, 0) is 87.7 Å². The molecule has 0 aliphatic carbocycles. The maximum Gasteiger partial charge on any atom is 0.337 e. The van der Waals surface area contributed by atoms with Gasteiger partial charge in [0.1, 0.15) is 5.01 Å². The molecular formula is C34H31ClN4O3S. The van der Waals surface area contributed by atoms with Crippen molar-refractivity contribution in [2.45, 2.75) is 46.3 Å². The van der Waals surface area contributed by atoms with Crippen LogP contribution in [-0.4, -0.2) is 36.4 Å². The van der Waals surface area contributed by atoms with Crippen molar-refractivity contribution >= 4 is 50.0 Å². The van der Waals surface area contributed by atoms with Crippen LogP contribution in [0.4, 0.5) is 0 Å². The molecule has 0 saturated carbocycles. The number of fused-ring (bicyclic) bond motifs is 2. The number of nitrogens with zero attached hydrogens (tertiary/aromatic N) is 4. The maximum absolute atomic E-state index is 12.6. The zero-order chi connectivity index (χ0) is 30.6. The van der Waals surface area contributed by atoms with Crippen LogP contribution in [0.3, 0.4) is 0 Å². The fourth-order valence-corrected chi connectivity index (χ4v) is 6.76. The van der Waals surface area contributed by atoms with Gasteiger partial charge < -0.3 is 9.84 Å². The maximum atomic E-state index is 12.6. The molecule has 0 bridgehead atoms. The number of benzene rings is 3. The average Bonchev–Trinajstić information content (AvgIpc) is 3.55. The number of pyridine rings is 1. The minimum absolute atomic E-state index is 0.601. The molecule has 0 amide bonds. The van der Waals surface area contributed by atoms with Gasteiger partial charge in [-0.15, -0.1) is 11.3 Å². The van der Waals surface area contributed by atoms with E-state index in [0.717, 1.165) is 65.2 Å². The lowest BCUT2D eigenvalue weighted by Crippen LogP contribution is -2.28. The van der Waals surface area contributed by atoms with Gasteiger partial charge in [0.25, 0.3) is 0 Å². The third-order valence-electron chi connectivity index (χ3n) is 7.50. The zero-order valence-electron chi connectivity index (χ0n) is 24.8. The van der Waals surface area contributed by atoms with Gasteiger partial charge in [0.05, 0.1) is 33.2 Å². The smallest absolute Gasteiger partial charge is 0.337 e. The number of thiazole rings is 1. The molecule has 0 saturated heterocycles. The summed E-state index contributed by atoms with van der Waals surface area (Å²) in [7, 11) is 1.94. The third kappa shape index (κ3) is 5.42.